The number of carbonyl (C=O) groups is 4. The Morgan fingerprint density at radius 1 is 1.20 bits per heavy atom. The van der Waals surface area contributed by atoms with E-state index in [4.69, 9.17) is 9.84 Å². The highest BCUT2D eigenvalue weighted by Gasteiger charge is 2.33. The van der Waals surface area contributed by atoms with Gasteiger partial charge in [0.25, 0.3) is 0 Å². The second-order valence-electron chi connectivity index (χ2n) is 5.44. The number of carbonyl (C=O) groups excluding carboxylic acids is 3. The summed E-state index contributed by atoms with van der Waals surface area (Å²) in [4.78, 5) is 48.7. The molecule has 1 saturated heterocycles. The van der Waals surface area contributed by atoms with Crippen LogP contribution in [0, 0.1) is 12.8 Å². The van der Waals surface area contributed by atoms with Crippen molar-refractivity contribution in [2.24, 2.45) is 5.92 Å². The summed E-state index contributed by atoms with van der Waals surface area (Å²) in [5, 5.41) is 11.7. The normalized spacial score (nSPS) is 16.4. The highest BCUT2D eigenvalue weighted by Crippen LogP contribution is 2.34. The molecule has 0 bridgehead atoms. The molecule has 0 radical (unpaired) electrons. The summed E-state index contributed by atoms with van der Waals surface area (Å²) in [5.41, 5.74) is 0.430. The lowest BCUT2D eigenvalue weighted by molar-refractivity contribution is -0.141. The average Bonchev–Trinajstić information content (AvgIpc) is 3.19. The van der Waals surface area contributed by atoms with Crippen LogP contribution in [0.25, 0.3) is 0 Å². The molecular formula is C15H18N2O7S. The standard InChI is InChI=1S/C15H18N2O7S/c1-7-9(13(20)23-2)11(25-10(7)14(21)24-3)16-15(22)17-5-4-8(6-17)12(18)19/h8H,4-6H2,1-3H3,(H,16,22)(H,18,19). The Balaban J connectivity index is 2.26. The van der Waals surface area contributed by atoms with Crippen molar-refractivity contribution >= 4 is 40.3 Å². The van der Waals surface area contributed by atoms with Gasteiger partial charge in [-0.05, 0) is 18.9 Å². The maximum absolute atomic E-state index is 12.4. The summed E-state index contributed by atoms with van der Waals surface area (Å²) in [7, 11) is 2.41. The van der Waals surface area contributed by atoms with Gasteiger partial charge in [-0.25, -0.2) is 14.4 Å². The van der Waals surface area contributed by atoms with Gasteiger partial charge >= 0.3 is 23.9 Å². The first-order valence-electron chi connectivity index (χ1n) is 7.38. The topological polar surface area (TPSA) is 122 Å². The molecule has 136 valence electrons. The molecule has 0 spiro atoms. The monoisotopic (exact) mass is 370 g/mol. The number of hydrogen-bond acceptors (Lipinski definition) is 7. The number of hydrogen-bond donors (Lipinski definition) is 2. The van der Waals surface area contributed by atoms with E-state index in [1.54, 1.807) is 6.92 Å². The smallest absolute Gasteiger partial charge is 0.348 e. The number of nitrogens with zero attached hydrogens (tertiary/aromatic N) is 1. The number of amides is 2. The number of esters is 2. The molecule has 1 unspecified atom stereocenters. The van der Waals surface area contributed by atoms with E-state index in [1.807, 2.05) is 0 Å². The molecule has 1 aliphatic rings. The Kier molecular flexibility index (Phi) is 5.62. The third-order valence-corrected chi connectivity index (χ3v) is 5.14. The number of rotatable bonds is 4. The number of aliphatic carboxylic acids is 1. The number of carboxylic acid groups (broad SMARTS) is 1. The zero-order valence-corrected chi connectivity index (χ0v) is 14.8. The molecule has 1 aromatic heterocycles. The van der Waals surface area contributed by atoms with E-state index in [9.17, 15) is 19.2 Å². The van der Waals surface area contributed by atoms with Crippen LogP contribution in [0.4, 0.5) is 9.80 Å². The number of urea groups is 1. The van der Waals surface area contributed by atoms with Crippen molar-refractivity contribution in [2.75, 3.05) is 32.6 Å². The molecule has 1 atom stereocenters. The predicted molar refractivity (Wildman–Crippen MR) is 88.1 cm³/mol. The van der Waals surface area contributed by atoms with Gasteiger partial charge in [-0.15, -0.1) is 11.3 Å². The van der Waals surface area contributed by atoms with Crippen LogP contribution in [-0.4, -0.2) is 61.3 Å². The molecule has 9 nitrogen and oxygen atoms in total. The first kappa shape index (κ1) is 18.7. The van der Waals surface area contributed by atoms with Crippen molar-refractivity contribution in [1.29, 1.82) is 0 Å². The Hall–Kier alpha value is -2.62. The zero-order valence-electron chi connectivity index (χ0n) is 14.0. The Morgan fingerprint density at radius 3 is 2.36 bits per heavy atom. The quantitative estimate of drug-likeness (QED) is 0.771. The lowest BCUT2D eigenvalue weighted by Crippen LogP contribution is -2.34. The maximum Gasteiger partial charge on any atom is 0.348 e. The fourth-order valence-corrected chi connectivity index (χ4v) is 3.66. The lowest BCUT2D eigenvalue weighted by atomic mass is 10.1. The highest BCUT2D eigenvalue weighted by atomic mass is 32.1. The largest absolute Gasteiger partial charge is 0.481 e. The van der Waals surface area contributed by atoms with Crippen molar-refractivity contribution in [3.8, 4) is 0 Å². The van der Waals surface area contributed by atoms with Crippen molar-refractivity contribution in [1.82, 2.24) is 4.90 Å². The van der Waals surface area contributed by atoms with Gasteiger partial charge in [0, 0.05) is 13.1 Å². The summed E-state index contributed by atoms with van der Waals surface area (Å²) in [6, 6.07) is -0.536. The molecule has 0 aliphatic carbocycles. The van der Waals surface area contributed by atoms with Crippen molar-refractivity contribution in [3.05, 3.63) is 16.0 Å². The molecule has 1 fully saturated rings. The molecule has 0 aromatic carbocycles. The van der Waals surface area contributed by atoms with E-state index >= 15 is 0 Å². The van der Waals surface area contributed by atoms with Gasteiger partial charge in [-0.2, -0.15) is 0 Å². The predicted octanol–water partition coefficient (Wildman–Crippen LogP) is 1.57. The molecule has 10 heteroatoms. The van der Waals surface area contributed by atoms with Crippen LogP contribution in [0.1, 0.15) is 32.0 Å². The van der Waals surface area contributed by atoms with Crippen LogP contribution in [0.3, 0.4) is 0 Å². The van der Waals surface area contributed by atoms with Crippen molar-refractivity contribution in [3.63, 3.8) is 0 Å². The van der Waals surface area contributed by atoms with Gasteiger partial charge in [0.1, 0.15) is 9.88 Å². The Bertz CT molecular complexity index is 728. The number of nitrogens with one attached hydrogen (secondary N) is 1. The summed E-state index contributed by atoms with van der Waals surface area (Å²) in [6.07, 6.45) is 0.365. The van der Waals surface area contributed by atoms with Gasteiger partial charge in [-0.3, -0.25) is 10.1 Å². The van der Waals surface area contributed by atoms with E-state index in [0.29, 0.717) is 18.5 Å². The SMILES string of the molecule is COC(=O)c1sc(NC(=O)N2CCC(C(=O)O)C2)c(C(=O)OC)c1C. The molecule has 1 aromatic rings. The summed E-state index contributed by atoms with van der Waals surface area (Å²) in [6.45, 7) is 1.94. The second-order valence-corrected chi connectivity index (χ2v) is 6.46. The van der Waals surface area contributed by atoms with Gasteiger partial charge in [0.15, 0.2) is 0 Å². The molecule has 25 heavy (non-hydrogen) atoms. The van der Waals surface area contributed by atoms with Crippen LogP contribution in [0.15, 0.2) is 0 Å². The molecule has 2 rings (SSSR count). The molecule has 0 saturated carbocycles. The minimum atomic E-state index is -0.953. The molecule has 2 N–H and O–H groups in total. The average molecular weight is 370 g/mol. The number of likely N-dealkylation sites (tertiary alicyclic amines) is 1. The van der Waals surface area contributed by atoms with Crippen LogP contribution in [-0.2, 0) is 14.3 Å². The van der Waals surface area contributed by atoms with Gasteiger partial charge in [0.05, 0.1) is 25.7 Å². The van der Waals surface area contributed by atoms with Crippen LogP contribution >= 0.6 is 11.3 Å². The third kappa shape index (κ3) is 3.73. The second kappa shape index (κ2) is 7.51. The summed E-state index contributed by atoms with van der Waals surface area (Å²) in [5.74, 6) is -2.88. The van der Waals surface area contributed by atoms with Gasteiger partial charge in [0.2, 0.25) is 0 Å². The molecule has 1 aliphatic heterocycles. The van der Waals surface area contributed by atoms with Crippen LogP contribution in [0.2, 0.25) is 0 Å². The van der Waals surface area contributed by atoms with E-state index in [1.165, 1.54) is 19.1 Å². The van der Waals surface area contributed by atoms with Crippen LogP contribution in [0.5, 0.6) is 0 Å². The minimum absolute atomic E-state index is 0.0789. The Morgan fingerprint density at radius 2 is 1.84 bits per heavy atom. The summed E-state index contributed by atoms with van der Waals surface area (Å²) >= 11 is 0.906. The molecule has 2 amide bonds. The first-order chi connectivity index (χ1) is 11.8. The van der Waals surface area contributed by atoms with Crippen molar-refractivity contribution in [2.45, 2.75) is 13.3 Å². The van der Waals surface area contributed by atoms with E-state index in [-0.39, 0.29) is 22.0 Å². The number of carboxylic acids is 1. The first-order valence-corrected chi connectivity index (χ1v) is 8.20. The summed E-state index contributed by atoms with van der Waals surface area (Å²) < 4.78 is 9.39. The fraction of sp³-hybridized carbons (Fsp3) is 0.467. The fourth-order valence-electron chi connectivity index (χ4n) is 2.56. The minimum Gasteiger partial charge on any atom is -0.481 e. The number of thiophene rings is 1. The van der Waals surface area contributed by atoms with E-state index in [0.717, 1.165) is 11.3 Å². The molecule has 2 heterocycles. The van der Waals surface area contributed by atoms with Crippen LogP contribution < -0.4 is 5.32 Å². The number of methoxy groups -OCH3 is 2. The lowest BCUT2D eigenvalue weighted by Gasteiger charge is -2.16. The number of ether oxygens (including phenoxy) is 2. The zero-order chi connectivity index (χ0) is 18.7. The molecular weight excluding hydrogens is 352 g/mol. The Labute approximate surface area is 147 Å². The number of anilines is 1. The highest BCUT2D eigenvalue weighted by molar-refractivity contribution is 7.18. The van der Waals surface area contributed by atoms with Gasteiger partial charge in [-0.1, -0.05) is 0 Å². The maximum atomic E-state index is 12.4. The van der Waals surface area contributed by atoms with Crippen molar-refractivity contribution < 1.29 is 33.8 Å². The van der Waals surface area contributed by atoms with E-state index < -0.39 is 29.9 Å². The third-order valence-electron chi connectivity index (χ3n) is 3.95. The van der Waals surface area contributed by atoms with Gasteiger partial charge < -0.3 is 19.5 Å². The van der Waals surface area contributed by atoms with E-state index in [2.05, 4.69) is 10.1 Å².